The van der Waals surface area contributed by atoms with Gasteiger partial charge in [-0.1, -0.05) is 54.6 Å². The molecule has 0 radical (unpaired) electrons. The summed E-state index contributed by atoms with van der Waals surface area (Å²) in [5, 5.41) is 5.34. The molecule has 0 aliphatic carbocycles. The van der Waals surface area contributed by atoms with Crippen LogP contribution >= 0.6 is 0 Å². The van der Waals surface area contributed by atoms with E-state index in [1.165, 1.54) is 11.0 Å². The third kappa shape index (κ3) is 10.7. The van der Waals surface area contributed by atoms with Gasteiger partial charge in [0.1, 0.15) is 29.8 Å². The summed E-state index contributed by atoms with van der Waals surface area (Å²) in [5.74, 6) is -1.69. The smallest absolute Gasteiger partial charge is 0.408 e. The highest BCUT2D eigenvalue weighted by atomic mass is 16.6. The van der Waals surface area contributed by atoms with Crippen LogP contribution in [-0.2, 0) is 30.3 Å². The van der Waals surface area contributed by atoms with E-state index in [1.54, 1.807) is 47.6 Å². The van der Waals surface area contributed by atoms with Crippen molar-refractivity contribution in [1.29, 1.82) is 0 Å². The Morgan fingerprint density at radius 2 is 1.52 bits per heavy atom. The number of alkyl carbamates (subject to hydrolysis) is 1. The molecule has 2 unspecified atom stereocenters. The first kappa shape index (κ1) is 34.1. The maximum absolute atomic E-state index is 14.2. The Balaban J connectivity index is 2.49. The van der Waals surface area contributed by atoms with Crippen LogP contribution in [0.2, 0.25) is 0 Å². The highest BCUT2D eigenvalue weighted by Gasteiger charge is 2.36. The van der Waals surface area contributed by atoms with E-state index in [9.17, 15) is 19.2 Å². The maximum Gasteiger partial charge on any atom is 0.408 e. The van der Waals surface area contributed by atoms with Crippen LogP contribution in [0.15, 0.2) is 61.2 Å². The first-order valence-electron chi connectivity index (χ1n) is 14.0. The third-order valence-corrected chi connectivity index (χ3v) is 6.22. The van der Waals surface area contributed by atoms with Gasteiger partial charge in [0, 0.05) is 13.0 Å². The molecular weight excluding hydrogens is 534 g/mol. The zero-order valence-electron chi connectivity index (χ0n) is 26.1. The Labute approximate surface area is 249 Å². The molecule has 0 aromatic heterocycles. The Morgan fingerprint density at radius 3 is 2.10 bits per heavy atom. The number of nitrogens with one attached hydrogen (secondary N) is 2. The van der Waals surface area contributed by atoms with Gasteiger partial charge in [0.25, 0.3) is 0 Å². The van der Waals surface area contributed by atoms with E-state index in [0.29, 0.717) is 5.56 Å². The Morgan fingerprint density at radius 1 is 0.905 bits per heavy atom. The molecule has 0 saturated heterocycles. The number of hydrogen-bond donors (Lipinski definition) is 2. The van der Waals surface area contributed by atoms with Crippen LogP contribution in [0.5, 0.6) is 0 Å². The van der Waals surface area contributed by atoms with Gasteiger partial charge in [0.15, 0.2) is 0 Å². The zero-order chi connectivity index (χ0) is 31.7. The highest BCUT2D eigenvalue weighted by molar-refractivity contribution is 5.93. The van der Waals surface area contributed by atoms with Crippen LogP contribution in [0.3, 0.4) is 0 Å². The van der Waals surface area contributed by atoms with Crippen molar-refractivity contribution < 1.29 is 28.7 Å². The molecule has 2 atom stereocenters. The van der Waals surface area contributed by atoms with E-state index in [2.05, 4.69) is 17.2 Å². The lowest BCUT2D eigenvalue weighted by atomic mass is 9.95. The normalized spacial score (nSPS) is 12.9. The van der Waals surface area contributed by atoms with Gasteiger partial charge in [-0.25, -0.2) is 9.59 Å². The lowest BCUT2D eigenvalue weighted by Gasteiger charge is -2.33. The molecule has 2 rings (SSSR count). The first-order valence-corrected chi connectivity index (χ1v) is 14.0. The van der Waals surface area contributed by atoms with Crippen LogP contribution in [-0.4, -0.2) is 59.1 Å². The van der Waals surface area contributed by atoms with E-state index < -0.39 is 53.7 Å². The van der Waals surface area contributed by atoms with Crippen LogP contribution in [0.25, 0.3) is 0 Å². The predicted molar refractivity (Wildman–Crippen MR) is 163 cm³/mol. The molecule has 42 heavy (non-hydrogen) atoms. The fraction of sp³-hybridized carbons (Fsp3) is 0.455. The molecule has 0 fully saturated rings. The minimum atomic E-state index is -1.13. The molecule has 0 aliphatic rings. The molecule has 0 heterocycles. The number of benzene rings is 2. The zero-order valence-corrected chi connectivity index (χ0v) is 26.1. The van der Waals surface area contributed by atoms with Gasteiger partial charge in [-0.2, -0.15) is 0 Å². The number of amides is 3. The van der Waals surface area contributed by atoms with E-state index in [0.717, 1.165) is 16.7 Å². The van der Waals surface area contributed by atoms with Gasteiger partial charge in [-0.05, 0) is 77.6 Å². The lowest BCUT2D eigenvalue weighted by Crippen LogP contribution is -2.52. The Bertz CT molecular complexity index is 1260. The van der Waals surface area contributed by atoms with Crippen molar-refractivity contribution in [2.45, 2.75) is 85.1 Å². The molecule has 2 N–H and O–H groups in total. The van der Waals surface area contributed by atoms with E-state index >= 15 is 0 Å². The molecule has 2 aromatic rings. The second-order valence-corrected chi connectivity index (χ2v) is 12.2. The molecular formula is C33H45N3O6. The van der Waals surface area contributed by atoms with Crippen LogP contribution < -0.4 is 10.6 Å². The van der Waals surface area contributed by atoms with E-state index in [-0.39, 0.29) is 13.0 Å². The van der Waals surface area contributed by atoms with Crippen LogP contribution in [0.1, 0.15) is 69.8 Å². The SMILES string of the molecule is C=CCN(C(=O)CNC(=O)OC(C)(C)C)C(C(=O)NC(Cc1ccccc1)C(=O)OC(C)(C)C)c1cccc(C)c1C. The minimum Gasteiger partial charge on any atom is -0.458 e. The second kappa shape index (κ2) is 14.7. The van der Waals surface area contributed by atoms with Crippen molar-refractivity contribution in [2.24, 2.45) is 0 Å². The van der Waals surface area contributed by atoms with Gasteiger partial charge >= 0.3 is 12.1 Å². The van der Waals surface area contributed by atoms with Crippen molar-refractivity contribution in [2.75, 3.05) is 13.1 Å². The summed E-state index contributed by atoms with van der Waals surface area (Å²) in [6, 6.07) is 12.6. The molecule has 0 bridgehead atoms. The average Bonchev–Trinajstić information content (AvgIpc) is 2.87. The summed E-state index contributed by atoms with van der Waals surface area (Å²) in [6.07, 6.45) is 0.943. The van der Waals surface area contributed by atoms with Crippen molar-refractivity contribution in [1.82, 2.24) is 15.5 Å². The molecule has 9 nitrogen and oxygen atoms in total. The monoisotopic (exact) mass is 579 g/mol. The maximum atomic E-state index is 14.2. The molecule has 3 amide bonds. The third-order valence-electron chi connectivity index (χ3n) is 6.22. The average molecular weight is 580 g/mol. The fourth-order valence-corrected chi connectivity index (χ4v) is 4.24. The number of rotatable bonds is 11. The first-order chi connectivity index (χ1) is 19.5. The molecule has 228 valence electrons. The lowest BCUT2D eigenvalue weighted by molar-refractivity contribution is -0.159. The summed E-state index contributed by atoms with van der Waals surface area (Å²) in [5.41, 5.74) is 1.64. The van der Waals surface area contributed by atoms with Gasteiger partial charge in [0.05, 0.1) is 0 Å². The second-order valence-electron chi connectivity index (χ2n) is 12.2. The summed E-state index contributed by atoms with van der Waals surface area (Å²) in [7, 11) is 0. The number of esters is 1. The molecule has 0 spiro atoms. The molecule has 0 saturated carbocycles. The van der Waals surface area contributed by atoms with Gasteiger partial charge in [-0.3, -0.25) is 9.59 Å². The van der Waals surface area contributed by atoms with E-state index in [4.69, 9.17) is 9.47 Å². The topological polar surface area (TPSA) is 114 Å². The predicted octanol–water partition coefficient (Wildman–Crippen LogP) is 4.95. The summed E-state index contributed by atoms with van der Waals surface area (Å²) < 4.78 is 10.9. The highest BCUT2D eigenvalue weighted by Crippen LogP contribution is 2.27. The molecule has 9 heteroatoms. The fourth-order valence-electron chi connectivity index (χ4n) is 4.24. The quantitative estimate of drug-likeness (QED) is 0.288. The Hall–Kier alpha value is -4.14. The number of ether oxygens (including phenoxy) is 2. The minimum absolute atomic E-state index is 0.0100. The summed E-state index contributed by atoms with van der Waals surface area (Å²) in [4.78, 5) is 54.6. The number of hydrogen-bond acceptors (Lipinski definition) is 6. The van der Waals surface area contributed by atoms with Crippen molar-refractivity contribution in [3.8, 4) is 0 Å². The largest absolute Gasteiger partial charge is 0.458 e. The standard InChI is InChI=1S/C33H45N3O6/c1-10-19-36(27(37)21-34-31(40)42-33(7,8)9)28(25-18-14-15-22(2)23(25)3)29(38)35-26(30(39)41-32(4,5)6)20-24-16-12-11-13-17-24/h10-18,26,28H,1,19-21H2,2-9H3,(H,34,40)(H,35,38). The number of carbonyl (C=O) groups excluding carboxylic acids is 4. The summed E-state index contributed by atoms with van der Waals surface area (Å²) in [6.45, 7) is 17.6. The van der Waals surface area contributed by atoms with Crippen LogP contribution in [0.4, 0.5) is 4.79 Å². The van der Waals surface area contributed by atoms with E-state index in [1.807, 2.05) is 56.3 Å². The van der Waals surface area contributed by atoms with Gasteiger partial charge < -0.3 is 25.0 Å². The molecule has 0 aliphatic heterocycles. The number of carbonyl (C=O) groups is 4. The van der Waals surface area contributed by atoms with Gasteiger partial charge in [-0.15, -0.1) is 6.58 Å². The van der Waals surface area contributed by atoms with Crippen LogP contribution in [0, 0.1) is 13.8 Å². The van der Waals surface area contributed by atoms with Crippen molar-refractivity contribution in [3.05, 3.63) is 83.4 Å². The van der Waals surface area contributed by atoms with Crippen molar-refractivity contribution >= 4 is 23.9 Å². The summed E-state index contributed by atoms with van der Waals surface area (Å²) >= 11 is 0. The number of nitrogens with zero attached hydrogens (tertiary/aromatic N) is 1. The molecule has 2 aromatic carbocycles. The Kier molecular flexibility index (Phi) is 11.9. The van der Waals surface area contributed by atoms with Crippen molar-refractivity contribution in [3.63, 3.8) is 0 Å². The number of aryl methyl sites for hydroxylation is 1. The van der Waals surface area contributed by atoms with Gasteiger partial charge in [0.2, 0.25) is 11.8 Å².